The lowest BCUT2D eigenvalue weighted by atomic mass is 10.2. The van der Waals surface area contributed by atoms with Crippen LogP contribution in [0.3, 0.4) is 0 Å². The molecule has 2 rings (SSSR count). The zero-order valence-electron chi connectivity index (χ0n) is 10.6. The molecule has 2 aromatic rings. The molecule has 2 aromatic carbocycles. The van der Waals surface area contributed by atoms with Crippen molar-refractivity contribution in [3.63, 3.8) is 0 Å². The van der Waals surface area contributed by atoms with E-state index in [4.69, 9.17) is 22.8 Å². The first-order chi connectivity index (χ1) is 9.69. The minimum atomic E-state index is -0.579. The van der Waals surface area contributed by atoms with Gasteiger partial charge in [-0.2, -0.15) is 0 Å². The van der Waals surface area contributed by atoms with Crippen LogP contribution >= 0.6 is 11.6 Å². The Labute approximate surface area is 122 Å². The van der Waals surface area contributed by atoms with Gasteiger partial charge >= 0.3 is 6.09 Å². The van der Waals surface area contributed by atoms with Gasteiger partial charge in [-0.15, -0.1) is 6.42 Å². The summed E-state index contributed by atoms with van der Waals surface area (Å²) in [5.41, 5.74) is 1.97. The van der Waals surface area contributed by atoms with Crippen LogP contribution in [0.1, 0.15) is 11.1 Å². The Hall–Kier alpha value is -2.44. The molecular formula is C16H12ClNO2. The predicted molar refractivity (Wildman–Crippen MR) is 79.6 cm³/mol. The van der Waals surface area contributed by atoms with Crippen LogP contribution in [0.5, 0.6) is 0 Å². The van der Waals surface area contributed by atoms with Crippen LogP contribution in [0.15, 0.2) is 48.5 Å². The van der Waals surface area contributed by atoms with E-state index in [2.05, 4.69) is 11.2 Å². The maximum absolute atomic E-state index is 11.7. The summed E-state index contributed by atoms with van der Waals surface area (Å²) in [5.74, 6) is 2.47. The van der Waals surface area contributed by atoms with Gasteiger partial charge in [-0.05, 0) is 23.8 Å². The fourth-order valence-corrected chi connectivity index (χ4v) is 1.74. The third kappa shape index (κ3) is 3.78. The van der Waals surface area contributed by atoms with E-state index < -0.39 is 6.09 Å². The summed E-state index contributed by atoms with van der Waals surface area (Å²) in [7, 11) is 0. The van der Waals surface area contributed by atoms with E-state index in [1.165, 1.54) is 0 Å². The molecule has 0 atom stereocenters. The first-order valence-electron chi connectivity index (χ1n) is 5.93. The topological polar surface area (TPSA) is 38.3 Å². The van der Waals surface area contributed by atoms with Crippen molar-refractivity contribution in [3.8, 4) is 12.3 Å². The number of hydrogen-bond donors (Lipinski definition) is 1. The van der Waals surface area contributed by atoms with Gasteiger partial charge in [-0.25, -0.2) is 4.79 Å². The van der Waals surface area contributed by atoms with E-state index in [0.717, 1.165) is 5.56 Å². The summed E-state index contributed by atoms with van der Waals surface area (Å²) in [5, 5.41) is 2.97. The first-order valence-corrected chi connectivity index (χ1v) is 6.30. The fourth-order valence-electron chi connectivity index (χ4n) is 1.58. The predicted octanol–water partition coefficient (Wildman–Crippen LogP) is 4.07. The lowest BCUT2D eigenvalue weighted by Crippen LogP contribution is -2.13. The number of halogens is 1. The lowest BCUT2D eigenvalue weighted by Gasteiger charge is -2.09. The minimum absolute atomic E-state index is 0.194. The highest BCUT2D eigenvalue weighted by atomic mass is 35.5. The highest BCUT2D eigenvalue weighted by Gasteiger charge is 2.07. The molecule has 3 nitrogen and oxygen atoms in total. The monoisotopic (exact) mass is 285 g/mol. The second-order valence-electron chi connectivity index (χ2n) is 4.03. The van der Waals surface area contributed by atoms with Crippen molar-refractivity contribution in [3.05, 3.63) is 64.7 Å². The maximum Gasteiger partial charge on any atom is 0.412 e. The molecule has 0 saturated carbocycles. The van der Waals surface area contributed by atoms with Crippen LogP contribution in [0.4, 0.5) is 10.5 Å². The van der Waals surface area contributed by atoms with Crippen LogP contribution in [-0.4, -0.2) is 6.09 Å². The summed E-state index contributed by atoms with van der Waals surface area (Å²) in [4.78, 5) is 11.7. The van der Waals surface area contributed by atoms with E-state index in [1.807, 2.05) is 30.3 Å². The number of benzene rings is 2. The first kappa shape index (κ1) is 14.0. The smallest absolute Gasteiger partial charge is 0.412 e. The van der Waals surface area contributed by atoms with Crippen molar-refractivity contribution in [2.75, 3.05) is 5.32 Å². The van der Waals surface area contributed by atoms with Gasteiger partial charge < -0.3 is 4.74 Å². The highest BCUT2D eigenvalue weighted by Crippen LogP contribution is 2.23. The second-order valence-corrected chi connectivity index (χ2v) is 4.43. The second kappa shape index (κ2) is 6.65. The number of amides is 1. The average Bonchev–Trinajstić information content (AvgIpc) is 2.48. The zero-order valence-corrected chi connectivity index (χ0v) is 11.4. The van der Waals surface area contributed by atoms with E-state index >= 15 is 0 Å². The molecule has 4 heteroatoms. The largest absolute Gasteiger partial charge is 0.444 e. The SMILES string of the molecule is C#Cc1ccc(Cl)c(NC(=O)OCc2ccccc2)c1. The highest BCUT2D eigenvalue weighted by molar-refractivity contribution is 6.33. The normalized spacial score (nSPS) is 9.60. The number of carbonyl (C=O) groups is 1. The van der Waals surface area contributed by atoms with Gasteiger partial charge in [0.15, 0.2) is 0 Å². The molecule has 0 saturated heterocycles. The lowest BCUT2D eigenvalue weighted by molar-refractivity contribution is 0.155. The quantitative estimate of drug-likeness (QED) is 0.863. The minimum Gasteiger partial charge on any atom is -0.444 e. The summed E-state index contributed by atoms with van der Waals surface area (Å²) in [6.45, 7) is 0.194. The molecule has 0 spiro atoms. The van der Waals surface area contributed by atoms with E-state index in [0.29, 0.717) is 16.3 Å². The van der Waals surface area contributed by atoms with Gasteiger partial charge in [0.25, 0.3) is 0 Å². The van der Waals surface area contributed by atoms with Gasteiger partial charge in [0.05, 0.1) is 10.7 Å². The van der Waals surface area contributed by atoms with Crippen molar-refractivity contribution in [2.24, 2.45) is 0 Å². The number of ether oxygens (including phenoxy) is 1. The van der Waals surface area contributed by atoms with E-state index in [9.17, 15) is 4.79 Å². The van der Waals surface area contributed by atoms with Crippen LogP contribution in [0.2, 0.25) is 5.02 Å². The molecule has 0 aromatic heterocycles. The Balaban J connectivity index is 1.97. The number of hydrogen-bond acceptors (Lipinski definition) is 2. The Morgan fingerprint density at radius 2 is 2.00 bits per heavy atom. The van der Waals surface area contributed by atoms with E-state index in [1.54, 1.807) is 18.2 Å². The van der Waals surface area contributed by atoms with Gasteiger partial charge in [0.2, 0.25) is 0 Å². The van der Waals surface area contributed by atoms with Crippen molar-refractivity contribution in [2.45, 2.75) is 6.61 Å². The van der Waals surface area contributed by atoms with Gasteiger partial charge in [-0.3, -0.25) is 5.32 Å². The summed E-state index contributed by atoms with van der Waals surface area (Å²) in [6.07, 6.45) is 4.72. The van der Waals surface area contributed by atoms with Gasteiger partial charge in [0, 0.05) is 5.56 Å². The molecule has 0 radical (unpaired) electrons. The Bertz CT molecular complexity index is 647. The van der Waals surface area contributed by atoms with Crippen molar-refractivity contribution < 1.29 is 9.53 Å². The molecule has 0 fully saturated rings. The molecule has 0 aliphatic carbocycles. The molecule has 0 bridgehead atoms. The molecule has 0 unspecified atom stereocenters. The van der Waals surface area contributed by atoms with Crippen molar-refractivity contribution in [1.29, 1.82) is 0 Å². The Morgan fingerprint density at radius 3 is 2.70 bits per heavy atom. The van der Waals surface area contributed by atoms with Crippen LogP contribution < -0.4 is 5.32 Å². The van der Waals surface area contributed by atoms with Crippen LogP contribution in [-0.2, 0) is 11.3 Å². The molecule has 0 aliphatic rings. The molecule has 0 aliphatic heterocycles. The molecule has 20 heavy (non-hydrogen) atoms. The van der Waals surface area contributed by atoms with Crippen LogP contribution in [0, 0.1) is 12.3 Å². The molecule has 100 valence electrons. The number of nitrogens with one attached hydrogen (secondary N) is 1. The number of carbonyl (C=O) groups excluding carboxylic acids is 1. The third-order valence-corrected chi connectivity index (χ3v) is 2.91. The van der Waals surface area contributed by atoms with Crippen LogP contribution in [0.25, 0.3) is 0 Å². The van der Waals surface area contributed by atoms with Crippen molar-refractivity contribution in [1.82, 2.24) is 0 Å². The molecule has 1 amide bonds. The summed E-state index contributed by atoms with van der Waals surface area (Å²) >= 11 is 5.98. The number of terminal acetylenes is 1. The molecule has 0 heterocycles. The van der Waals surface area contributed by atoms with Gasteiger partial charge in [0.1, 0.15) is 6.61 Å². The average molecular weight is 286 g/mol. The van der Waals surface area contributed by atoms with Crippen molar-refractivity contribution >= 4 is 23.4 Å². The Kier molecular flexibility index (Phi) is 4.65. The third-order valence-electron chi connectivity index (χ3n) is 2.58. The maximum atomic E-state index is 11.7. The number of anilines is 1. The number of rotatable bonds is 3. The molecular weight excluding hydrogens is 274 g/mol. The summed E-state index contributed by atoms with van der Waals surface area (Å²) < 4.78 is 5.10. The molecule has 1 N–H and O–H groups in total. The van der Waals surface area contributed by atoms with E-state index in [-0.39, 0.29) is 6.61 Å². The van der Waals surface area contributed by atoms with Gasteiger partial charge in [-0.1, -0.05) is 47.9 Å². The zero-order chi connectivity index (χ0) is 14.4. The fraction of sp³-hybridized carbons (Fsp3) is 0.0625. The Morgan fingerprint density at radius 1 is 1.25 bits per heavy atom. The standard InChI is InChI=1S/C16H12ClNO2/c1-2-12-8-9-14(17)15(10-12)18-16(19)20-11-13-6-4-3-5-7-13/h1,3-10H,11H2,(H,18,19). The summed E-state index contributed by atoms with van der Waals surface area (Å²) in [6, 6.07) is 14.3.